The van der Waals surface area contributed by atoms with Crippen molar-refractivity contribution in [2.24, 2.45) is 0 Å². The van der Waals surface area contributed by atoms with Crippen LogP contribution in [-0.4, -0.2) is 19.9 Å². The molecule has 0 spiro atoms. The summed E-state index contributed by atoms with van der Waals surface area (Å²) in [5, 5.41) is 0.976. The van der Waals surface area contributed by atoms with Crippen molar-refractivity contribution in [2.45, 2.75) is 0 Å². The summed E-state index contributed by atoms with van der Waals surface area (Å²) in [5.74, 6) is 0.713. The van der Waals surface area contributed by atoms with E-state index in [1.807, 2.05) is 24.3 Å². The molecule has 4 aromatic rings. The van der Waals surface area contributed by atoms with Gasteiger partial charge < -0.3 is 4.98 Å². The number of hydrogen-bond acceptors (Lipinski definition) is 3. The van der Waals surface area contributed by atoms with Crippen molar-refractivity contribution >= 4 is 34.2 Å². The van der Waals surface area contributed by atoms with Crippen LogP contribution in [0.2, 0.25) is 10.0 Å². The molecule has 0 aliphatic carbocycles. The highest BCUT2D eigenvalue weighted by Crippen LogP contribution is 2.32. The first-order chi connectivity index (χ1) is 11.2. The van der Waals surface area contributed by atoms with Gasteiger partial charge in [-0.25, -0.2) is 4.98 Å². The van der Waals surface area contributed by atoms with Crippen molar-refractivity contribution in [3.8, 4) is 22.6 Å². The molecule has 0 saturated heterocycles. The van der Waals surface area contributed by atoms with Gasteiger partial charge >= 0.3 is 0 Å². The van der Waals surface area contributed by atoms with E-state index in [-0.39, 0.29) is 0 Å². The molecular weight excluding hydrogens is 331 g/mol. The number of H-pyrrole nitrogens is 1. The molecule has 0 aliphatic heterocycles. The molecule has 3 heterocycles. The highest BCUT2D eigenvalue weighted by Gasteiger charge is 2.13. The largest absolute Gasteiger partial charge is 0.338 e. The molecule has 0 fully saturated rings. The summed E-state index contributed by atoms with van der Waals surface area (Å²) in [6, 6.07) is 11.2. The Labute approximate surface area is 142 Å². The van der Waals surface area contributed by atoms with E-state index >= 15 is 0 Å². The van der Waals surface area contributed by atoms with Crippen LogP contribution in [0.25, 0.3) is 33.7 Å². The van der Waals surface area contributed by atoms with Gasteiger partial charge in [0.2, 0.25) is 0 Å². The van der Waals surface area contributed by atoms with E-state index in [0.29, 0.717) is 15.9 Å². The highest BCUT2D eigenvalue weighted by molar-refractivity contribution is 6.42. The van der Waals surface area contributed by atoms with E-state index in [4.69, 9.17) is 23.2 Å². The molecule has 1 N–H and O–H groups in total. The Hall–Kier alpha value is -2.43. The monoisotopic (exact) mass is 340 g/mol. The van der Waals surface area contributed by atoms with Crippen molar-refractivity contribution in [1.82, 2.24) is 19.9 Å². The molecule has 0 saturated carbocycles. The zero-order valence-corrected chi connectivity index (χ0v) is 13.3. The molecule has 0 bridgehead atoms. The molecule has 23 heavy (non-hydrogen) atoms. The number of rotatable bonds is 2. The predicted octanol–water partition coefficient (Wildman–Crippen LogP) is 4.99. The second-order valence-corrected chi connectivity index (χ2v) is 5.82. The number of imidazole rings is 1. The van der Waals surface area contributed by atoms with Crippen LogP contribution in [0.1, 0.15) is 0 Å². The molecule has 0 amide bonds. The molecule has 0 unspecified atom stereocenters. The lowest BCUT2D eigenvalue weighted by atomic mass is 10.1. The summed E-state index contributed by atoms with van der Waals surface area (Å²) in [6.07, 6.45) is 5.27. The average Bonchev–Trinajstić information content (AvgIpc) is 2.99. The number of aromatic amines is 1. The molecule has 3 aromatic heterocycles. The van der Waals surface area contributed by atoms with Gasteiger partial charge in [-0.05, 0) is 36.4 Å². The van der Waals surface area contributed by atoms with Crippen LogP contribution in [0.3, 0.4) is 0 Å². The summed E-state index contributed by atoms with van der Waals surface area (Å²) >= 11 is 12.1. The van der Waals surface area contributed by atoms with Gasteiger partial charge in [0.25, 0.3) is 0 Å². The second-order valence-electron chi connectivity index (χ2n) is 5.01. The molecule has 1 aromatic carbocycles. The first-order valence-corrected chi connectivity index (χ1v) is 7.68. The maximum absolute atomic E-state index is 6.07. The number of benzene rings is 1. The summed E-state index contributed by atoms with van der Waals surface area (Å²) < 4.78 is 0. The number of halogens is 2. The Balaban J connectivity index is 1.92. The minimum absolute atomic E-state index is 0.482. The summed E-state index contributed by atoms with van der Waals surface area (Å²) in [7, 11) is 0. The minimum Gasteiger partial charge on any atom is -0.338 e. The van der Waals surface area contributed by atoms with Crippen LogP contribution in [0, 0.1) is 0 Å². The fraction of sp³-hybridized carbons (Fsp3) is 0. The summed E-state index contributed by atoms with van der Waals surface area (Å²) in [5.41, 5.74) is 4.23. The molecule has 112 valence electrons. The van der Waals surface area contributed by atoms with E-state index in [2.05, 4.69) is 19.9 Å². The van der Waals surface area contributed by atoms with Gasteiger partial charge in [-0.15, -0.1) is 0 Å². The smallest absolute Gasteiger partial charge is 0.140 e. The Morgan fingerprint density at radius 3 is 2.61 bits per heavy atom. The number of aromatic nitrogens is 4. The molecule has 4 rings (SSSR count). The molecule has 0 radical (unpaired) electrons. The fourth-order valence-electron chi connectivity index (χ4n) is 2.46. The zero-order valence-electron chi connectivity index (χ0n) is 11.8. The normalized spacial score (nSPS) is 11.0. The van der Waals surface area contributed by atoms with Crippen molar-refractivity contribution in [3.63, 3.8) is 0 Å². The van der Waals surface area contributed by atoms with Gasteiger partial charge in [-0.3, -0.25) is 9.97 Å². The van der Waals surface area contributed by atoms with E-state index in [1.54, 1.807) is 30.7 Å². The van der Waals surface area contributed by atoms with Gasteiger partial charge in [0.1, 0.15) is 5.82 Å². The zero-order chi connectivity index (χ0) is 15.8. The number of nitrogens with one attached hydrogen (secondary N) is 1. The number of pyridine rings is 2. The Bertz CT molecular complexity index is 957. The third kappa shape index (κ3) is 2.56. The van der Waals surface area contributed by atoms with E-state index < -0.39 is 0 Å². The predicted molar refractivity (Wildman–Crippen MR) is 92.6 cm³/mol. The summed E-state index contributed by atoms with van der Waals surface area (Å²) in [6.45, 7) is 0. The van der Waals surface area contributed by atoms with Gasteiger partial charge in [0, 0.05) is 29.7 Å². The molecule has 0 aliphatic rings. The lowest BCUT2D eigenvalue weighted by molar-refractivity contribution is 1.25. The van der Waals surface area contributed by atoms with Gasteiger partial charge in [0.15, 0.2) is 0 Å². The average molecular weight is 341 g/mol. The van der Waals surface area contributed by atoms with Crippen molar-refractivity contribution in [3.05, 3.63) is 65.0 Å². The number of nitrogens with zero attached hydrogens (tertiary/aromatic N) is 3. The third-order valence-electron chi connectivity index (χ3n) is 3.52. The quantitative estimate of drug-likeness (QED) is 0.559. The Kier molecular flexibility index (Phi) is 3.48. The van der Waals surface area contributed by atoms with Crippen molar-refractivity contribution < 1.29 is 0 Å². The fourth-order valence-corrected chi connectivity index (χ4v) is 2.78. The highest BCUT2D eigenvalue weighted by atomic mass is 35.5. The molecular formula is C17H10Cl2N4. The maximum atomic E-state index is 6.07. The van der Waals surface area contributed by atoms with Crippen LogP contribution in [0.15, 0.2) is 55.0 Å². The third-order valence-corrected chi connectivity index (χ3v) is 4.24. The van der Waals surface area contributed by atoms with Crippen LogP contribution in [-0.2, 0) is 0 Å². The first-order valence-electron chi connectivity index (χ1n) is 6.93. The van der Waals surface area contributed by atoms with E-state index in [9.17, 15) is 0 Å². The lowest BCUT2D eigenvalue weighted by Crippen LogP contribution is -1.90. The van der Waals surface area contributed by atoms with Gasteiger partial charge in [-0.1, -0.05) is 23.2 Å². The Morgan fingerprint density at radius 2 is 1.78 bits per heavy atom. The van der Waals surface area contributed by atoms with Crippen molar-refractivity contribution in [2.75, 3.05) is 0 Å². The van der Waals surface area contributed by atoms with Crippen LogP contribution < -0.4 is 0 Å². The van der Waals surface area contributed by atoms with E-state index in [1.165, 1.54) is 0 Å². The number of fused-ring (bicyclic) bond motifs is 1. The van der Waals surface area contributed by atoms with Crippen LogP contribution in [0.4, 0.5) is 0 Å². The topological polar surface area (TPSA) is 54.5 Å². The molecule has 0 atom stereocenters. The number of hydrogen-bond donors (Lipinski definition) is 1. The standard InChI is InChI=1S/C17H10Cl2N4/c18-12-7-14-15(8-13(12)19)23-17(22-14)11-4-2-6-21-16(11)10-3-1-5-20-9-10/h1-9H,(H,22,23). The SMILES string of the molecule is Clc1cc2nc(-c3cccnc3-c3cccnc3)[nH]c2cc1Cl. The maximum Gasteiger partial charge on any atom is 0.140 e. The van der Waals surface area contributed by atoms with Crippen molar-refractivity contribution in [1.29, 1.82) is 0 Å². The second kappa shape index (κ2) is 5.65. The lowest BCUT2D eigenvalue weighted by Gasteiger charge is -2.05. The minimum atomic E-state index is 0.482. The Morgan fingerprint density at radius 1 is 0.957 bits per heavy atom. The van der Waals surface area contributed by atoms with Crippen LogP contribution >= 0.6 is 23.2 Å². The first kappa shape index (κ1) is 14.2. The van der Waals surface area contributed by atoms with Crippen LogP contribution in [0.5, 0.6) is 0 Å². The van der Waals surface area contributed by atoms with E-state index in [0.717, 1.165) is 27.9 Å². The van der Waals surface area contributed by atoms with Gasteiger partial charge in [0.05, 0.1) is 26.8 Å². The summed E-state index contributed by atoms with van der Waals surface area (Å²) in [4.78, 5) is 16.5. The molecule has 4 nitrogen and oxygen atoms in total. The molecule has 6 heteroatoms. The van der Waals surface area contributed by atoms with Gasteiger partial charge in [-0.2, -0.15) is 0 Å².